The van der Waals surface area contributed by atoms with Crippen LogP contribution in [0.5, 0.6) is 0 Å². The fourth-order valence-electron chi connectivity index (χ4n) is 0.470. The van der Waals surface area contributed by atoms with Crippen molar-refractivity contribution in [3.05, 3.63) is 0 Å². The van der Waals surface area contributed by atoms with Crippen molar-refractivity contribution in [1.82, 2.24) is 0 Å². The molecular weight excluding hydrogens is 199 g/mol. The summed E-state index contributed by atoms with van der Waals surface area (Å²) in [5, 5.41) is -2.20. The van der Waals surface area contributed by atoms with Gasteiger partial charge in [-0.15, -0.1) is 0 Å². The van der Waals surface area contributed by atoms with Crippen LogP contribution in [0.2, 0.25) is 0 Å². The number of halogens is 2. The number of carbonyl (C=O) groups is 1. The predicted octanol–water partition coefficient (Wildman–Crippen LogP) is 1.10. The van der Waals surface area contributed by atoms with Crippen molar-refractivity contribution in [2.75, 3.05) is 0 Å². The van der Waals surface area contributed by atoms with Gasteiger partial charge in [-0.05, 0) is 18.0 Å². The van der Waals surface area contributed by atoms with Gasteiger partial charge in [-0.25, -0.2) is 8.42 Å². The summed E-state index contributed by atoms with van der Waals surface area (Å²) in [6.07, 6.45) is 0.105. The molecule has 6 heteroatoms. The maximum atomic E-state index is 10.5. The zero-order valence-corrected chi connectivity index (χ0v) is 7.50. The molecule has 0 radical (unpaired) electrons. The fourth-order valence-corrected chi connectivity index (χ4v) is 2.35. The normalized spacial score (nSPS) is 14.7. The molecule has 0 spiro atoms. The summed E-state index contributed by atoms with van der Waals surface area (Å²) in [6, 6.07) is 0. The van der Waals surface area contributed by atoms with Crippen LogP contribution in [0, 0.1) is 0 Å². The number of carbonyl (C=O) groups excluding carboxylic acids is 1. The van der Waals surface area contributed by atoms with E-state index in [1.165, 1.54) is 6.92 Å². The summed E-state index contributed by atoms with van der Waals surface area (Å²) in [7, 11) is 1.04. The molecule has 0 aromatic heterocycles. The van der Waals surface area contributed by atoms with Crippen LogP contribution >= 0.6 is 22.3 Å². The first-order chi connectivity index (χ1) is 4.39. The van der Waals surface area contributed by atoms with Crippen molar-refractivity contribution < 1.29 is 13.2 Å². The van der Waals surface area contributed by atoms with Gasteiger partial charge >= 0.3 is 0 Å². The van der Waals surface area contributed by atoms with Gasteiger partial charge in [-0.1, -0.05) is 6.92 Å². The molecule has 3 nitrogen and oxygen atoms in total. The molecule has 1 unspecified atom stereocenters. The monoisotopic (exact) mass is 204 g/mol. The van der Waals surface area contributed by atoms with E-state index in [0.29, 0.717) is 0 Å². The standard InChI is InChI=1S/C4H6Cl2O3S/c1-2-3(4(5)7)10(6,8)9/h3H,2H2,1H3. The summed E-state index contributed by atoms with van der Waals surface area (Å²) in [4.78, 5) is 10.3. The first-order valence-corrected chi connectivity index (χ1v) is 5.27. The number of rotatable bonds is 3. The lowest BCUT2D eigenvalue weighted by Crippen LogP contribution is -2.21. The lowest BCUT2D eigenvalue weighted by atomic mass is 10.4. The molecule has 0 heterocycles. The van der Waals surface area contributed by atoms with Gasteiger partial charge in [0.1, 0.15) is 5.25 Å². The third-order valence-electron chi connectivity index (χ3n) is 0.964. The van der Waals surface area contributed by atoms with Gasteiger partial charge in [0.2, 0.25) is 14.3 Å². The van der Waals surface area contributed by atoms with Crippen LogP contribution in [-0.2, 0) is 13.8 Å². The van der Waals surface area contributed by atoms with E-state index < -0.39 is 19.5 Å². The Bertz CT molecular complexity index is 221. The fraction of sp³-hybridized carbons (Fsp3) is 0.750. The van der Waals surface area contributed by atoms with Gasteiger partial charge in [0.15, 0.2) is 0 Å². The highest BCUT2D eigenvalue weighted by Gasteiger charge is 2.27. The lowest BCUT2D eigenvalue weighted by molar-refractivity contribution is -0.111. The smallest absolute Gasteiger partial charge is 0.243 e. The Morgan fingerprint density at radius 1 is 1.60 bits per heavy atom. The Hall–Kier alpha value is 0.200. The molecule has 0 saturated carbocycles. The SMILES string of the molecule is CCC(C(=O)Cl)S(=O)(=O)Cl. The van der Waals surface area contributed by atoms with Crippen LogP contribution in [0.4, 0.5) is 0 Å². The maximum absolute atomic E-state index is 10.5. The molecule has 0 saturated heterocycles. The minimum atomic E-state index is -3.82. The Morgan fingerprint density at radius 2 is 2.00 bits per heavy atom. The van der Waals surface area contributed by atoms with Crippen LogP contribution in [0.15, 0.2) is 0 Å². The molecule has 0 amide bonds. The third kappa shape index (κ3) is 2.86. The summed E-state index contributed by atoms with van der Waals surface area (Å²) in [6.45, 7) is 1.52. The highest BCUT2D eigenvalue weighted by molar-refractivity contribution is 8.14. The molecule has 0 aliphatic heterocycles. The molecular formula is C4H6Cl2O3S. The van der Waals surface area contributed by atoms with E-state index in [9.17, 15) is 13.2 Å². The van der Waals surface area contributed by atoms with Gasteiger partial charge in [0.05, 0.1) is 0 Å². The predicted molar refractivity (Wildman–Crippen MR) is 39.7 cm³/mol. The summed E-state index contributed by atoms with van der Waals surface area (Å²) < 4.78 is 20.9. The minimum Gasteiger partial charge on any atom is -0.280 e. The summed E-state index contributed by atoms with van der Waals surface area (Å²) >= 11 is 4.93. The van der Waals surface area contributed by atoms with E-state index in [1.54, 1.807) is 0 Å². The first kappa shape index (κ1) is 10.2. The molecule has 0 aromatic rings. The van der Waals surface area contributed by atoms with E-state index >= 15 is 0 Å². The van der Waals surface area contributed by atoms with Crippen LogP contribution < -0.4 is 0 Å². The first-order valence-electron chi connectivity index (χ1n) is 2.52. The van der Waals surface area contributed by atoms with Crippen molar-refractivity contribution in [3.63, 3.8) is 0 Å². The van der Waals surface area contributed by atoms with Crippen molar-refractivity contribution in [1.29, 1.82) is 0 Å². The second kappa shape index (κ2) is 3.55. The van der Waals surface area contributed by atoms with Gasteiger partial charge in [-0.2, -0.15) is 0 Å². The molecule has 10 heavy (non-hydrogen) atoms. The zero-order valence-electron chi connectivity index (χ0n) is 5.17. The highest BCUT2D eigenvalue weighted by Crippen LogP contribution is 2.13. The molecule has 0 aromatic carbocycles. The van der Waals surface area contributed by atoms with Crippen LogP contribution in [0.25, 0.3) is 0 Å². The zero-order chi connectivity index (χ0) is 8.36. The summed E-state index contributed by atoms with van der Waals surface area (Å²) in [5.41, 5.74) is 0. The summed E-state index contributed by atoms with van der Waals surface area (Å²) in [5.74, 6) is 0. The van der Waals surface area contributed by atoms with Crippen molar-refractivity contribution in [3.8, 4) is 0 Å². The molecule has 0 bridgehead atoms. The average Bonchev–Trinajstić information content (AvgIpc) is 1.60. The van der Waals surface area contributed by atoms with E-state index in [1.807, 2.05) is 0 Å². The topological polar surface area (TPSA) is 51.2 Å². The molecule has 0 fully saturated rings. The van der Waals surface area contributed by atoms with Gasteiger partial charge in [0, 0.05) is 10.7 Å². The maximum Gasteiger partial charge on any atom is 0.243 e. The van der Waals surface area contributed by atoms with E-state index in [4.69, 9.17) is 22.3 Å². The Kier molecular flexibility index (Phi) is 3.62. The van der Waals surface area contributed by atoms with E-state index in [0.717, 1.165) is 0 Å². The highest BCUT2D eigenvalue weighted by atomic mass is 35.7. The second-order valence-corrected chi connectivity index (χ2v) is 4.86. The minimum absolute atomic E-state index is 0.105. The van der Waals surface area contributed by atoms with E-state index in [-0.39, 0.29) is 6.42 Å². The lowest BCUT2D eigenvalue weighted by Gasteiger charge is -2.02. The molecule has 0 aliphatic carbocycles. The van der Waals surface area contributed by atoms with E-state index in [2.05, 4.69) is 0 Å². The van der Waals surface area contributed by atoms with Gasteiger partial charge in [-0.3, -0.25) is 4.79 Å². The van der Waals surface area contributed by atoms with Crippen molar-refractivity contribution >= 4 is 36.6 Å². The molecule has 0 rings (SSSR count). The number of hydrogen-bond acceptors (Lipinski definition) is 3. The Balaban J connectivity index is 4.55. The molecule has 60 valence electrons. The van der Waals surface area contributed by atoms with Crippen LogP contribution in [0.3, 0.4) is 0 Å². The Morgan fingerprint density at radius 3 is 2.00 bits per heavy atom. The molecule has 1 atom stereocenters. The quantitative estimate of drug-likeness (QED) is 0.648. The Labute approximate surface area is 68.7 Å². The number of hydrogen-bond donors (Lipinski definition) is 0. The second-order valence-electron chi connectivity index (χ2n) is 1.68. The van der Waals surface area contributed by atoms with Crippen LogP contribution in [0.1, 0.15) is 13.3 Å². The molecule has 0 aliphatic rings. The van der Waals surface area contributed by atoms with Crippen LogP contribution in [-0.4, -0.2) is 18.9 Å². The third-order valence-corrected chi connectivity index (χ3v) is 3.23. The largest absolute Gasteiger partial charge is 0.280 e. The molecule has 0 N–H and O–H groups in total. The van der Waals surface area contributed by atoms with Gasteiger partial charge < -0.3 is 0 Å². The van der Waals surface area contributed by atoms with Crippen molar-refractivity contribution in [2.24, 2.45) is 0 Å². The van der Waals surface area contributed by atoms with Gasteiger partial charge in [0.25, 0.3) is 0 Å². The average molecular weight is 205 g/mol. The van der Waals surface area contributed by atoms with Crippen molar-refractivity contribution in [2.45, 2.75) is 18.6 Å².